The minimum absolute atomic E-state index is 0.0572. The van der Waals surface area contributed by atoms with Crippen LogP contribution < -0.4 is 10.1 Å². The number of benzene rings is 2. The van der Waals surface area contributed by atoms with E-state index in [2.05, 4.69) is 20.5 Å². The SMILES string of the molecule is COc1ccccc1-c1nc(NC(=O)c2cccc([N+](=O)[O-])c2C)n[nH]1. The lowest BCUT2D eigenvalue weighted by atomic mass is 10.1. The lowest BCUT2D eigenvalue weighted by Gasteiger charge is -2.05. The molecular weight excluding hydrogens is 338 g/mol. The molecule has 0 spiro atoms. The van der Waals surface area contributed by atoms with Crippen LogP contribution in [-0.2, 0) is 0 Å². The molecule has 0 unspecified atom stereocenters. The summed E-state index contributed by atoms with van der Waals surface area (Å²) in [5.74, 6) is 0.558. The third-order valence-electron chi connectivity index (χ3n) is 3.82. The molecule has 9 nitrogen and oxygen atoms in total. The second-order valence-electron chi connectivity index (χ2n) is 5.37. The standard InChI is InChI=1S/C17H15N5O4/c1-10-11(7-5-8-13(10)22(24)25)16(23)19-17-18-15(20-21-17)12-6-3-4-9-14(12)26-2/h3-9H,1-2H3,(H2,18,19,20,21,23). The van der Waals surface area contributed by atoms with Gasteiger partial charge in [-0.2, -0.15) is 4.98 Å². The molecule has 1 heterocycles. The molecule has 0 fully saturated rings. The third-order valence-corrected chi connectivity index (χ3v) is 3.82. The van der Waals surface area contributed by atoms with Crippen LogP contribution in [0.1, 0.15) is 15.9 Å². The van der Waals surface area contributed by atoms with Gasteiger partial charge >= 0.3 is 0 Å². The lowest BCUT2D eigenvalue weighted by molar-refractivity contribution is -0.385. The molecule has 1 amide bonds. The number of nitrogens with one attached hydrogen (secondary N) is 2. The van der Waals surface area contributed by atoms with Crippen LogP contribution >= 0.6 is 0 Å². The normalized spacial score (nSPS) is 10.4. The topological polar surface area (TPSA) is 123 Å². The number of hydrogen-bond acceptors (Lipinski definition) is 6. The number of nitrogens with zero attached hydrogens (tertiary/aromatic N) is 3. The van der Waals surface area contributed by atoms with Gasteiger partial charge in [0, 0.05) is 17.2 Å². The van der Waals surface area contributed by atoms with Crippen LogP contribution in [0.3, 0.4) is 0 Å². The van der Waals surface area contributed by atoms with Crippen LogP contribution in [0.5, 0.6) is 5.75 Å². The zero-order valence-corrected chi connectivity index (χ0v) is 14.0. The van der Waals surface area contributed by atoms with Crippen LogP contribution in [0.25, 0.3) is 11.4 Å². The van der Waals surface area contributed by atoms with Gasteiger partial charge in [-0.3, -0.25) is 25.3 Å². The summed E-state index contributed by atoms with van der Waals surface area (Å²) < 4.78 is 5.27. The largest absolute Gasteiger partial charge is 0.496 e. The van der Waals surface area contributed by atoms with Crippen molar-refractivity contribution in [3.05, 3.63) is 63.7 Å². The van der Waals surface area contributed by atoms with Gasteiger partial charge < -0.3 is 4.74 Å². The van der Waals surface area contributed by atoms with Crippen LogP contribution in [0.15, 0.2) is 42.5 Å². The number of ether oxygens (including phenoxy) is 1. The number of nitro benzene ring substituents is 1. The van der Waals surface area contributed by atoms with Gasteiger partial charge in [-0.25, -0.2) is 0 Å². The highest BCUT2D eigenvalue weighted by atomic mass is 16.6. The molecule has 0 saturated carbocycles. The van der Waals surface area contributed by atoms with E-state index in [4.69, 9.17) is 4.74 Å². The van der Waals surface area contributed by atoms with Crippen molar-refractivity contribution in [2.45, 2.75) is 6.92 Å². The number of aromatic amines is 1. The quantitative estimate of drug-likeness (QED) is 0.537. The number of nitro groups is 1. The Morgan fingerprint density at radius 1 is 1.23 bits per heavy atom. The van der Waals surface area contributed by atoms with Gasteiger partial charge in [0.15, 0.2) is 5.82 Å². The van der Waals surface area contributed by atoms with E-state index in [1.807, 2.05) is 12.1 Å². The van der Waals surface area contributed by atoms with E-state index >= 15 is 0 Å². The van der Waals surface area contributed by atoms with E-state index < -0.39 is 10.8 Å². The zero-order valence-electron chi connectivity index (χ0n) is 14.0. The zero-order chi connectivity index (χ0) is 18.7. The number of rotatable bonds is 5. The molecule has 0 aliphatic rings. The number of carbonyl (C=O) groups is 1. The Morgan fingerprint density at radius 2 is 2.00 bits per heavy atom. The van der Waals surface area contributed by atoms with E-state index in [1.165, 1.54) is 25.1 Å². The predicted molar refractivity (Wildman–Crippen MR) is 94.2 cm³/mol. The maximum Gasteiger partial charge on any atom is 0.273 e. The summed E-state index contributed by atoms with van der Waals surface area (Å²) in [6, 6.07) is 11.5. The van der Waals surface area contributed by atoms with Gasteiger partial charge in [-0.05, 0) is 25.1 Å². The number of amides is 1. The summed E-state index contributed by atoms with van der Waals surface area (Å²) in [4.78, 5) is 27.1. The number of para-hydroxylation sites is 1. The maximum atomic E-state index is 12.4. The summed E-state index contributed by atoms with van der Waals surface area (Å²) in [5.41, 5.74) is 1.02. The first kappa shape index (κ1) is 17.1. The summed E-state index contributed by atoms with van der Waals surface area (Å²) in [6.45, 7) is 1.52. The molecule has 0 aliphatic carbocycles. The first-order valence-corrected chi connectivity index (χ1v) is 7.62. The molecule has 2 N–H and O–H groups in total. The Morgan fingerprint density at radius 3 is 2.73 bits per heavy atom. The Labute approximate surface area is 148 Å². The molecule has 0 saturated heterocycles. The number of anilines is 1. The molecular formula is C17H15N5O4. The number of aromatic nitrogens is 3. The second-order valence-corrected chi connectivity index (χ2v) is 5.37. The van der Waals surface area contributed by atoms with E-state index in [0.29, 0.717) is 17.1 Å². The Bertz CT molecular complexity index is 983. The predicted octanol–water partition coefficient (Wildman–Crippen LogP) is 2.95. The summed E-state index contributed by atoms with van der Waals surface area (Å²) in [5, 5.41) is 20.2. The van der Waals surface area contributed by atoms with Gasteiger partial charge in [0.05, 0.1) is 17.6 Å². The highest BCUT2D eigenvalue weighted by molar-refractivity contribution is 6.05. The van der Waals surface area contributed by atoms with Crippen molar-refractivity contribution in [3.63, 3.8) is 0 Å². The maximum absolute atomic E-state index is 12.4. The van der Waals surface area contributed by atoms with Crippen molar-refractivity contribution >= 4 is 17.5 Å². The van der Waals surface area contributed by atoms with Crippen LogP contribution in [-0.4, -0.2) is 33.1 Å². The molecule has 0 bridgehead atoms. The van der Waals surface area contributed by atoms with Crippen LogP contribution in [0.2, 0.25) is 0 Å². The first-order chi connectivity index (χ1) is 12.5. The number of methoxy groups -OCH3 is 1. The van der Waals surface area contributed by atoms with Gasteiger partial charge in [-0.1, -0.05) is 18.2 Å². The summed E-state index contributed by atoms with van der Waals surface area (Å²) in [7, 11) is 1.54. The van der Waals surface area contributed by atoms with Gasteiger partial charge in [-0.15, -0.1) is 5.10 Å². The number of hydrogen-bond donors (Lipinski definition) is 2. The van der Waals surface area contributed by atoms with Crippen molar-refractivity contribution in [2.24, 2.45) is 0 Å². The lowest BCUT2D eigenvalue weighted by Crippen LogP contribution is -2.15. The fraction of sp³-hybridized carbons (Fsp3) is 0.118. The van der Waals surface area contributed by atoms with Crippen molar-refractivity contribution < 1.29 is 14.5 Å². The Kier molecular flexibility index (Phi) is 4.61. The van der Waals surface area contributed by atoms with Gasteiger partial charge in [0.2, 0.25) is 5.95 Å². The molecule has 3 aromatic rings. The molecule has 0 radical (unpaired) electrons. The van der Waals surface area contributed by atoms with E-state index in [1.54, 1.807) is 19.2 Å². The van der Waals surface area contributed by atoms with Crippen molar-refractivity contribution in [1.29, 1.82) is 0 Å². The Balaban J connectivity index is 1.85. The van der Waals surface area contributed by atoms with Gasteiger partial charge in [0.1, 0.15) is 5.75 Å². The molecule has 3 rings (SSSR count). The molecule has 9 heteroatoms. The summed E-state index contributed by atoms with van der Waals surface area (Å²) in [6.07, 6.45) is 0. The van der Waals surface area contributed by atoms with Crippen molar-refractivity contribution in [2.75, 3.05) is 12.4 Å². The number of H-pyrrole nitrogens is 1. The average molecular weight is 353 g/mol. The smallest absolute Gasteiger partial charge is 0.273 e. The van der Waals surface area contributed by atoms with E-state index in [9.17, 15) is 14.9 Å². The molecule has 132 valence electrons. The fourth-order valence-corrected chi connectivity index (χ4v) is 2.51. The number of carbonyl (C=O) groups excluding carboxylic acids is 1. The van der Waals surface area contributed by atoms with E-state index in [-0.39, 0.29) is 22.8 Å². The van der Waals surface area contributed by atoms with Crippen molar-refractivity contribution in [3.8, 4) is 17.1 Å². The average Bonchev–Trinajstić information content (AvgIpc) is 3.09. The van der Waals surface area contributed by atoms with Crippen molar-refractivity contribution in [1.82, 2.24) is 15.2 Å². The molecule has 26 heavy (non-hydrogen) atoms. The third kappa shape index (κ3) is 3.22. The molecule has 2 aromatic carbocycles. The highest BCUT2D eigenvalue weighted by Crippen LogP contribution is 2.27. The molecule has 0 aliphatic heterocycles. The first-order valence-electron chi connectivity index (χ1n) is 7.62. The van der Waals surface area contributed by atoms with Crippen LogP contribution in [0.4, 0.5) is 11.6 Å². The molecule has 1 aromatic heterocycles. The highest BCUT2D eigenvalue weighted by Gasteiger charge is 2.19. The second kappa shape index (κ2) is 7.01. The Hall–Kier alpha value is -3.75. The minimum atomic E-state index is -0.531. The fourth-order valence-electron chi connectivity index (χ4n) is 2.51. The molecule has 0 atom stereocenters. The van der Waals surface area contributed by atoms with E-state index in [0.717, 1.165) is 0 Å². The minimum Gasteiger partial charge on any atom is -0.496 e. The van der Waals surface area contributed by atoms with Crippen LogP contribution in [0, 0.1) is 17.0 Å². The van der Waals surface area contributed by atoms with Gasteiger partial charge in [0.25, 0.3) is 11.6 Å². The summed E-state index contributed by atoms with van der Waals surface area (Å²) >= 11 is 0. The monoisotopic (exact) mass is 353 g/mol.